The van der Waals surface area contributed by atoms with E-state index in [-0.39, 0.29) is 6.03 Å². The summed E-state index contributed by atoms with van der Waals surface area (Å²) in [6.45, 7) is 3.63. The van der Waals surface area contributed by atoms with Gasteiger partial charge in [0, 0.05) is 38.7 Å². The number of piperazine rings is 1. The molecule has 2 amide bonds. The Morgan fingerprint density at radius 2 is 2.18 bits per heavy atom. The average Bonchev–Trinajstić information content (AvgIpc) is 3.20. The number of rotatable bonds is 4. The minimum absolute atomic E-state index is 0.0795. The number of aromatic nitrogens is 1. The molecule has 8 heteroatoms. The predicted molar refractivity (Wildman–Crippen MR) is 90.0 cm³/mol. The van der Waals surface area contributed by atoms with Crippen molar-refractivity contribution >= 4 is 38.8 Å². The lowest BCUT2D eigenvalue weighted by Crippen LogP contribution is -2.49. The van der Waals surface area contributed by atoms with Crippen LogP contribution in [0.15, 0.2) is 22.9 Å². The van der Waals surface area contributed by atoms with Gasteiger partial charge in [-0.15, -0.1) is 22.7 Å². The zero-order valence-electron chi connectivity index (χ0n) is 12.3. The molecule has 0 aliphatic carbocycles. The third-order valence-corrected chi connectivity index (χ3v) is 5.18. The Kier molecular flexibility index (Phi) is 4.91. The number of urea groups is 1. The van der Waals surface area contributed by atoms with Gasteiger partial charge in [-0.25, -0.2) is 9.78 Å². The molecular formula is C14H18N4O2S2. The number of anilines is 2. The molecule has 1 saturated heterocycles. The van der Waals surface area contributed by atoms with Crippen LogP contribution < -0.4 is 10.2 Å². The normalized spacial score (nSPS) is 15.1. The lowest BCUT2D eigenvalue weighted by atomic mass is 10.3. The first kappa shape index (κ1) is 15.3. The van der Waals surface area contributed by atoms with Crippen LogP contribution in [0, 0.1) is 0 Å². The van der Waals surface area contributed by atoms with Gasteiger partial charge in [-0.2, -0.15) is 0 Å². The summed E-state index contributed by atoms with van der Waals surface area (Å²) in [6, 6.07) is 4.09. The molecule has 0 aromatic carbocycles. The predicted octanol–water partition coefficient (Wildman–Crippen LogP) is 2.71. The maximum atomic E-state index is 12.3. The number of carbonyl (C=O) groups is 1. The Balaban J connectivity index is 1.51. The molecule has 22 heavy (non-hydrogen) atoms. The smallest absolute Gasteiger partial charge is 0.323 e. The van der Waals surface area contributed by atoms with E-state index in [9.17, 15) is 4.79 Å². The SMILES string of the molecule is COCc1csc(NC(=O)N2CCN(c3cccs3)CC2)n1. The third kappa shape index (κ3) is 3.57. The summed E-state index contributed by atoms with van der Waals surface area (Å²) >= 11 is 3.16. The maximum Gasteiger partial charge on any atom is 0.323 e. The number of carbonyl (C=O) groups excluding carboxylic acids is 1. The molecule has 0 unspecified atom stereocenters. The monoisotopic (exact) mass is 338 g/mol. The molecular weight excluding hydrogens is 320 g/mol. The Hall–Kier alpha value is -1.64. The van der Waals surface area contributed by atoms with Crippen LogP contribution >= 0.6 is 22.7 Å². The molecule has 2 aromatic rings. The number of thiophene rings is 1. The Morgan fingerprint density at radius 1 is 1.36 bits per heavy atom. The number of nitrogens with zero attached hydrogens (tertiary/aromatic N) is 3. The molecule has 0 bridgehead atoms. The van der Waals surface area contributed by atoms with Crippen molar-refractivity contribution in [2.75, 3.05) is 43.5 Å². The van der Waals surface area contributed by atoms with Crippen LogP contribution in [0.5, 0.6) is 0 Å². The molecule has 6 nitrogen and oxygen atoms in total. The second kappa shape index (κ2) is 7.08. The highest BCUT2D eigenvalue weighted by Gasteiger charge is 2.22. The van der Waals surface area contributed by atoms with Crippen molar-refractivity contribution in [3.8, 4) is 0 Å². The minimum atomic E-state index is -0.0795. The summed E-state index contributed by atoms with van der Waals surface area (Å²) in [5.41, 5.74) is 0.838. The van der Waals surface area contributed by atoms with Gasteiger partial charge in [-0.05, 0) is 17.5 Å². The second-order valence-electron chi connectivity index (χ2n) is 4.93. The first-order chi connectivity index (χ1) is 10.8. The molecule has 1 aliphatic rings. The summed E-state index contributed by atoms with van der Waals surface area (Å²) in [5, 5.41) is 8.73. The first-order valence-electron chi connectivity index (χ1n) is 7.04. The fraction of sp³-hybridized carbons (Fsp3) is 0.429. The van der Waals surface area contributed by atoms with Crippen molar-refractivity contribution in [3.63, 3.8) is 0 Å². The lowest BCUT2D eigenvalue weighted by molar-refractivity contribution is 0.182. The zero-order chi connectivity index (χ0) is 15.4. The van der Waals surface area contributed by atoms with Gasteiger partial charge in [0.05, 0.1) is 17.3 Å². The summed E-state index contributed by atoms with van der Waals surface area (Å²) in [7, 11) is 1.63. The van der Waals surface area contributed by atoms with Crippen molar-refractivity contribution in [2.45, 2.75) is 6.61 Å². The van der Waals surface area contributed by atoms with E-state index in [1.54, 1.807) is 18.4 Å². The molecule has 1 aliphatic heterocycles. The number of amides is 2. The van der Waals surface area contributed by atoms with E-state index in [1.165, 1.54) is 16.3 Å². The van der Waals surface area contributed by atoms with Crippen LogP contribution in [0.3, 0.4) is 0 Å². The van der Waals surface area contributed by atoms with Crippen molar-refractivity contribution < 1.29 is 9.53 Å². The topological polar surface area (TPSA) is 57.7 Å². The highest BCUT2D eigenvalue weighted by atomic mass is 32.1. The molecule has 0 saturated carbocycles. The van der Waals surface area contributed by atoms with Crippen LogP contribution in [0.1, 0.15) is 5.69 Å². The van der Waals surface area contributed by atoms with Gasteiger partial charge in [-0.1, -0.05) is 0 Å². The molecule has 0 spiro atoms. The van der Waals surface area contributed by atoms with Crippen LogP contribution in [0.25, 0.3) is 0 Å². The van der Waals surface area contributed by atoms with Gasteiger partial charge in [0.2, 0.25) is 0 Å². The molecule has 1 N–H and O–H groups in total. The van der Waals surface area contributed by atoms with E-state index < -0.39 is 0 Å². The van der Waals surface area contributed by atoms with Gasteiger partial charge in [-0.3, -0.25) is 5.32 Å². The van der Waals surface area contributed by atoms with E-state index >= 15 is 0 Å². The largest absolute Gasteiger partial charge is 0.378 e. The average molecular weight is 338 g/mol. The van der Waals surface area contributed by atoms with Gasteiger partial charge in [0.1, 0.15) is 0 Å². The highest BCUT2D eigenvalue weighted by molar-refractivity contribution is 7.14. The molecule has 118 valence electrons. The Labute approximate surface area is 137 Å². The van der Waals surface area contributed by atoms with E-state index in [4.69, 9.17) is 4.74 Å². The molecule has 0 atom stereocenters. The second-order valence-corrected chi connectivity index (χ2v) is 6.72. The number of methoxy groups -OCH3 is 1. The van der Waals surface area contributed by atoms with E-state index in [1.807, 2.05) is 10.3 Å². The number of thiazole rings is 1. The van der Waals surface area contributed by atoms with Gasteiger partial charge >= 0.3 is 6.03 Å². The number of nitrogens with one attached hydrogen (secondary N) is 1. The Bertz CT molecular complexity index is 606. The molecule has 3 heterocycles. The molecule has 1 fully saturated rings. The van der Waals surface area contributed by atoms with Crippen LogP contribution in [0.2, 0.25) is 0 Å². The van der Waals surface area contributed by atoms with Crippen LogP contribution in [0.4, 0.5) is 14.9 Å². The van der Waals surface area contributed by atoms with Crippen LogP contribution in [-0.4, -0.2) is 49.2 Å². The zero-order valence-corrected chi connectivity index (χ0v) is 14.0. The highest BCUT2D eigenvalue weighted by Crippen LogP contribution is 2.23. The van der Waals surface area contributed by atoms with Crippen molar-refractivity contribution in [1.82, 2.24) is 9.88 Å². The minimum Gasteiger partial charge on any atom is -0.378 e. The van der Waals surface area contributed by atoms with E-state index in [0.29, 0.717) is 11.7 Å². The van der Waals surface area contributed by atoms with Crippen molar-refractivity contribution in [3.05, 3.63) is 28.6 Å². The van der Waals surface area contributed by atoms with Gasteiger partial charge < -0.3 is 14.5 Å². The van der Waals surface area contributed by atoms with Gasteiger partial charge in [0.15, 0.2) is 5.13 Å². The van der Waals surface area contributed by atoms with E-state index in [2.05, 4.69) is 32.7 Å². The van der Waals surface area contributed by atoms with Crippen LogP contribution in [-0.2, 0) is 11.3 Å². The quantitative estimate of drug-likeness (QED) is 0.931. The fourth-order valence-electron chi connectivity index (χ4n) is 2.33. The number of hydrogen-bond acceptors (Lipinski definition) is 6. The van der Waals surface area contributed by atoms with Crippen molar-refractivity contribution in [1.29, 1.82) is 0 Å². The first-order valence-corrected chi connectivity index (χ1v) is 8.80. The van der Waals surface area contributed by atoms with E-state index in [0.717, 1.165) is 31.9 Å². The summed E-state index contributed by atoms with van der Waals surface area (Å²) in [4.78, 5) is 20.7. The van der Waals surface area contributed by atoms with Crippen molar-refractivity contribution in [2.24, 2.45) is 0 Å². The Morgan fingerprint density at radius 3 is 2.86 bits per heavy atom. The summed E-state index contributed by atoms with van der Waals surface area (Å²) in [5.74, 6) is 0. The standard InChI is InChI=1S/C14H18N4O2S2/c1-20-9-11-10-22-13(15-11)16-14(19)18-6-4-17(5-7-18)12-3-2-8-21-12/h2-3,8,10H,4-7,9H2,1H3,(H,15,16,19). The molecule has 2 aromatic heterocycles. The maximum absolute atomic E-state index is 12.3. The number of ether oxygens (including phenoxy) is 1. The number of hydrogen-bond donors (Lipinski definition) is 1. The summed E-state index contributed by atoms with van der Waals surface area (Å²) < 4.78 is 5.03. The summed E-state index contributed by atoms with van der Waals surface area (Å²) in [6.07, 6.45) is 0. The van der Waals surface area contributed by atoms with Gasteiger partial charge in [0.25, 0.3) is 0 Å². The molecule has 0 radical (unpaired) electrons. The fourth-order valence-corrected chi connectivity index (χ4v) is 3.80. The molecule has 3 rings (SSSR count). The third-order valence-electron chi connectivity index (χ3n) is 3.44. The lowest BCUT2D eigenvalue weighted by Gasteiger charge is -2.35.